The molecule has 0 unspecified atom stereocenters. The topological polar surface area (TPSA) is 137 Å². The molecule has 4 atom stereocenters. The SMILES string of the molecule is CSC[C@H](NC(=O)[C@H](Cc1ccccc1)NC(=O)N1CCC([N+](C)(C)C)CC1)C(=O)N[C@@H](CC1CCCCC1)[C@@H](O)C(=O)OC(C)C.[I-]. The van der Waals surface area contributed by atoms with Crippen molar-refractivity contribution in [1.82, 2.24) is 20.9 Å². The maximum Gasteiger partial charge on any atom is 0.337 e. The molecule has 1 saturated carbocycles. The van der Waals surface area contributed by atoms with Crippen LogP contribution in [0.25, 0.3) is 0 Å². The van der Waals surface area contributed by atoms with Crippen molar-refractivity contribution in [1.29, 1.82) is 0 Å². The monoisotopic (exact) mass is 803 g/mol. The summed E-state index contributed by atoms with van der Waals surface area (Å²) in [5, 5.41) is 19.7. The number of nitrogens with zero attached hydrogens (tertiary/aromatic N) is 2. The molecule has 0 bridgehead atoms. The Morgan fingerprint density at radius 3 is 2.08 bits per heavy atom. The molecule has 4 N–H and O–H groups in total. The number of nitrogens with one attached hydrogen (secondary N) is 3. The second kappa shape index (κ2) is 20.5. The lowest BCUT2D eigenvalue weighted by Gasteiger charge is -2.40. The van der Waals surface area contributed by atoms with Gasteiger partial charge in [-0.15, -0.1) is 0 Å². The Balaban J connectivity index is 0.00000800. The summed E-state index contributed by atoms with van der Waals surface area (Å²) in [5.74, 6) is -1.20. The Morgan fingerprint density at radius 2 is 1.52 bits per heavy atom. The summed E-state index contributed by atoms with van der Waals surface area (Å²) in [7, 11) is 6.49. The van der Waals surface area contributed by atoms with Crippen molar-refractivity contribution in [2.24, 2.45) is 5.92 Å². The maximum absolute atomic E-state index is 13.8. The average molecular weight is 804 g/mol. The molecule has 272 valence electrons. The number of hydrogen-bond donors (Lipinski definition) is 4. The Bertz CT molecular complexity index is 1160. The minimum Gasteiger partial charge on any atom is -1.00 e. The van der Waals surface area contributed by atoms with E-state index < -0.39 is 48.1 Å². The molecule has 1 aromatic rings. The van der Waals surface area contributed by atoms with E-state index in [0.29, 0.717) is 25.6 Å². The van der Waals surface area contributed by atoms with Gasteiger partial charge in [0.1, 0.15) is 12.1 Å². The Labute approximate surface area is 308 Å². The van der Waals surface area contributed by atoms with E-state index in [4.69, 9.17) is 4.74 Å². The molecule has 0 aromatic heterocycles. The number of likely N-dealkylation sites (tertiary alicyclic amines) is 1. The maximum atomic E-state index is 13.8. The molecule has 2 fully saturated rings. The molecule has 11 nitrogen and oxygen atoms in total. The van der Waals surface area contributed by atoms with Crippen LogP contribution >= 0.6 is 11.8 Å². The first-order valence-corrected chi connectivity index (χ1v) is 18.6. The van der Waals surface area contributed by atoms with Crippen molar-refractivity contribution < 1.29 is 57.5 Å². The second-order valence-corrected chi connectivity index (χ2v) is 15.2. The van der Waals surface area contributed by atoms with Crippen LogP contribution in [0.2, 0.25) is 0 Å². The van der Waals surface area contributed by atoms with E-state index in [2.05, 4.69) is 37.1 Å². The van der Waals surface area contributed by atoms with Gasteiger partial charge in [0.2, 0.25) is 11.8 Å². The molecule has 3 rings (SSSR count). The minimum absolute atomic E-state index is 0. The lowest BCUT2D eigenvalue weighted by atomic mass is 9.83. The van der Waals surface area contributed by atoms with E-state index >= 15 is 0 Å². The van der Waals surface area contributed by atoms with Crippen molar-refractivity contribution in [3.05, 3.63) is 35.9 Å². The molecular weight excluding hydrogens is 745 g/mol. The molecule has 48 heavy (non-hydrogen) atoms. The van der Waals surface area contributed by atoms with Gasteiger partial charge in [-0.05, 0) is 38.0 Å². The van der Waals surface area contributed by atoms with E-state index in [1.165, 1.54) is 11.8 Å². The summed E-state index contributed by atoms with van der Waals surface area (Å²) in [6, 6.07) is 6.90. The van der Waals surface area contributed by atoms with Gasteiger partial charge in [0.25, 0.3) is 0 Å². The van der Waals surface area contributed by atoms with Gasteiger partial charge in [-0.3, -0.25) is 9.59 Å². The predicted octanol–water partition coefficient (Wildman–Crippen LogP) is 0.0974. The normalized spacial score (nSPS) is 18.5. The van der Waals surface area contributed by atoms with Crippen LogP contribution in [0, 0.1) is 5.92 Å². The van der Waals surface area contributed by atoms with Gasteiger partial charge in [0.05, 0.1) is 39.3 Å². The number of amides is 4. The molecule has 2 aliphatic rings. The zero-order valence-electron chi connectivity index (χ0n) is 29.6. The Morgan fingerprint density at radius 1 is 0.917 bits per heavy atom. The third-order valence-corrected chi connectivity index (χ3v) is 9.99. The number of hydrogen-bond acceptors (Lipinski definition) is 7. The number of aliphatic hydroxyl groups excluding tert-OH is 1. The van der Waals surface area contributed by atoms with E-state index in [-0.39, 0.29) is 48.1 Å². The number of halogens is 1. The molecular formula is C35H58IN5O6S. The van der Waals surface area contributed by atoms with E-state index in [0.717, 1.165) is 55.0 Å². The lowest BCUT2D eigenvalue weighted by molar-refractivity contribution is -0.897. The highest BCUT2D eigenvalue weighted by atomic mass is 127. The molecule has 1 aromatic carbocycles. The van der Waals surface area contributed by atoms with E-state index in [1.807, 2.05) is 36.6 Å². The van der Waals surface area contributed by atoms with Gasteiger partial charge in [0.15, 0.2) is 6.10 Å². The average Bonchev–Trinajstić information content (AvgIpc) is 3.03. The molecule has 1 aliphatic carbocycles. The molecule has 4 amide bonds. The van der Waals surface area contributed by atoms with Gasteiger partial charge in [-0.1, -0.05) is 62.4 Å². The zero-order valence-corrected chi connectivity index (χ0v) is 32.6. The number of carbonyl (C=O) groups is 4. The summed E-state index contributed by atoms with van der Waals surface area (Å²) in [6.07, 6.45) is 7.59. The first-order valence-electron chi connectivity index (χ1n) is 17.2. The number of piperidine rings is 1. The van der Waals surface area contributed by atoms with Crippen molar-refractivity contribution in [2.75, 3.05) is 46.2 Å². The third kappa shape index (κ3) is 13.7. The number of esters is 1. The fourth-order valence-electron chi connectivity index (χ4n) is 6.56. The van der Waals surface area contributed by atoms with Crippen LogP contribution in [0.15, 0.2) is 30.3 Å². The molecule has 1 aliphatic heterocycles. The van der Waals surface area contributed by atoms with Gasteiger partial charge in [0, 0.05) is 38.1 Å². The largest absolute Gasteiger partial charge is 1.00 e. The first-order chi connectivity index (χ1) is 22.3. The van der Waals surface area contributed by atoms with Crippen LogP contribution < -0.4 is 39.9 Å². The van der Waals surface area contributed by atoms with Crippen LogP contribution in [0.3, 0.4) is 0 Å². The van der Waals surface area contributed by atoms with Crippen molar-refractivity contribution in [2.45, 2.75) is 108 Å². The predicted molar refractivity (Wildman–Crippen MR) is 186 cm³/mol. The zero-order chi connectivity index (χ0) is 34.6. The van der Waals surface area contributed by atoms with E-state index in [9.17, 15) is 24.3 Å². The Hall–Kier alpha value is -2.10. The highest BCUT2D eigenvalue weighted by molar-refractivity contribution is 7.98. The molecule has 1 heterocycles. The van der Waals surface area contributed by atoms with E-state index in [1.54, 1.807) is 18.7 Å². The smallest absolute Gasteiger partial charge is 0.337 e. The van der Waals surface area contributed by atoms with Crippen molar-refractivity contribution in [3.8, 4) is 0 Å². The highest BCUT2D eigenvalue weighted by Crippen LogP contribution is 2.28. The van der Waals surface area contributed by atoms with Gasteiger partial charge < -0.3 is 59.2 Å². The number of thioether (sulfide) groups is 1. The number of quaternary nitrogens is 1. The molecule has 0 spiro atoms. The lowest BCUT2D eigenvalue weighted by Crippen LogP contribution is -3.00. The first kappa shape index (κ1) is 42.1. The second-order valence-electron chi connectivity index (χ2n) is 14.3. The molecule has 13 heteroatoms. The van der Waals surface area contributed by atoms with Crippen molar-refractivity contribution in [3.63, 3.8) is 0 Å². The quantitative estimate of drug-likeness (QED) is 0.112. The highest BCUT2D eigenvalue weighted by Gasteiger charge is 2.36. The van der Waals surface area contributed by atoms with Crippen LogP contribution in [0.5, 0.6) is 0 Å². The van der Waals surface area contributed by atoms with Gasteiger partial charge in [-0.25, -0.2) is 9.59 Å². The standard InChI is InChI=1S/C35H57N5O6S.HI/c1-24(2)46-34(44)31(41)28(21-25-13-9-7-10-14-25)36-33(43)30(23-47-6)37-32(42)29(22-26-15-11-8-12-16-26)38-35(45)39-19-17-27(18-20-39)40(3,4)5;/h8,11-12,15-16,24-25,27-31,41H,7,9-10,13-14,17-23H2,1-6H3,(H2-,36,37,38,42,43,45);1H/t28-,29-,30-,31+;/m0./s1. The fraction of sp³-hybridized carbons (Fsp3) is 0.714. The molecule has 0 radical (unpaired) electrons. The number of carbonyl (C=O) groups excluding carboxylic acids is 4. The Kier molecular flexibility index (Phi) is 18.0. The summed E-state index contributed by atoms with van der Waals surface area (Å²) >= 11 is 1.39. The van der Waals surface area contributed by atoms with Gasteiger partial charge >= 0.3 is 12.0 Å². The van der Waals surface area contributed by atoms with Crippen LogP contribution in [-0.4, -0.2) is 121 Å². The summed E-state index contributed by atoms with van der Waals surface area (Å²) in [4.78, 5) is 55.5. The number of urea groups is 1. The fourth-order valence-corrected chi connectivity index (χ4v) is 7.13. The number of benzene rings is 1. The van der Waals surface area contributed by atoms with Crippen LogP contribution in [-0.2, 0) is 25.5 Å². The van der Waals surface area contributed by atoms with Crippen LogP contribution in [0.4, 0.5) is 4.79 Å². The number of rotatable bonds is 15. The number of aliphatic hydroxyl groups is 1. The third-order valence-electron chi connectivity index (χ3n) is 9.32. The van der Waals surface area contributed by atoms with Crippen LogP contribution in [0.1, 0.15) is 70.8 Å². The summed E-state index contributed by atoms with van der Waals surface area (Å²) < 4.78 is 6.11. The summed E-state index contributed by atoms with van der Waals surface area (Å²) in [5.41, 5.74) is 0.877. The summed E-state index contributed by atoms with van der Waals surface area (Å²) in [6.45, 7) is 4.63. The number of ether oxygens (including phenoxy) is 1. The molecule has 1 saturated heterocycles. The minimum atomic E-state index is -1.53. The van der Waals surface area contributed by atoms with Crippen molar-refractivity contribution >= 4 is 35.6 Å². The van der Waals surface area contributed by atoms with Gasteiger partial charge in [-0.2, -0.15) is 11.8 Å².